The summed E-state index contributed by atoms with van der Waals surface area (Å²) in [4.78, 5) is 0. The largest absolute Gasteiger partial charge is 0.0775 e. The van der Waals surface area contributed by atoms with Crippen molar-refractivity contribution in [2.75, 3.05) is 0 Å². The minimum atomic E-state index is -1.25. The van der Waals surface area contributed by atoms with Crippen LogP contribution in [0.25, 0.3) is 17.2 Å². The van der Waals surface area contributed by atoms with E-state index in [1.165, 1.54) is 38.6 Å². The van der Waals surface area contributed by atoms with Crippen molar-refractivity contribution in [3.63, 3.8) is 0 Å². The van der Waals surface area contributed by atoms with Crippen LogP contribution in [0.1, 0.15) is 41.7 Å². The first-order valence-corrected chi connectivity index (χ1v) is 13.0. The number of fused-ring (bicyclic) bond motifs is 1. The molecule has 0 spiro atoms. The molecule has 0 saturated carbocycles. The van der Waals surface area contributed by atoms with Crippen LogP contribution in [-0.4, -0.2) is 8.07 Å². The topological polar surface area (TPSA) is 0 Å². The van der Waals surface area contributed by atoms with E-state index < -0.39 is 8.07 Å². The number of hydrogen-bond donors (Lipinski definition) is 0. The van der Waals surface area contributed by atoms with Gasteiger partial charge in [-0.3, -0.25) is 0 Å². The second-order valence-electron chi connectivity index (χ2n) is 9.02. The Bertz CT molecular complexity index is 843. The van der Waals surface area contributed by atoms with Gasteiger partial charge in [-0.15, -0.1) is 0 Å². The first-order chi connectivity index (χ1) is 11.6. The zero-order valence-electron chi connectivity index (χ0n) is 17.2. The fourth-order valence-electron chi connectivity index (χ4n) is 3.96. The highest BCUT2D eigenvalue weighted by Crippen LogP contribution is 2.41. The maximum Gasteiger partial charge on any atom is 0.0775 e. The van der Waals surface area contributed by atoms with Crippen molar-refractivity contribution in [1.29, 1.82) is 0 Å². The molecule has 0 bridgehead atoms. The van der Waals surface area contributed by atoms with E-state index in [-0.39, 0.29) is 0 Å². The molecule has 25 heavy (non-hydrogen) atoms. The minimum absolute atomic E-state index is 0.620. The molecule has 0 nitrogen and oxygen atoms in total. The Kier molecular flexibility index (Phi) is 4.57. The highest BCUT2D eigenvalue weighted by atomic mass is 28.3. The van der Waals surface area contributed by atoms with Crippen molar-refractivity contribution in [3.8, 4) is 11.1 Å². The van der Waals surface area contributed by atoms with Gasteiger partial charge in [0.15, 0.2) is 0 Å². The van der Waals surface area contributed by atoms with Gasteiger partial charge in [-0.25, -0.2) is 0 Å². The number of rotatable bonds is 3. The normalized spacial score (nSPS) is 14.0. The zero-order chi connectivity index (χ0) is 18.5. The summed E-state index contributed by atoms with van der Waals surface area (Å²) >= 11 is 0. The Morgan fingerprint density at radius 1 is 0.840 bits per heavy atom. The predicted molar refractivity (Wildman–Crippen MR) is 116 cm³/mol. The van der Waals surface area contributed by atoms with Crippen LogP contribution in [0, 0.1) is 26.7 Å². The molecule has 1 heteroatoms. The van der Waals surface area contributed by atoms with Gasteiger partial charge >= 0.3 is 0 Å². The van der Waals surface area contributed by atoms with Crippen LogP contribution >= 0.6 is 0 Å². The zero-order valence-corrected chi connectivity index (χ0v) is 18.2. The van der Waals surface area contributed by atoms with Crippen LogP contribution in [0.4, 0.5) is 0 Å². The maximum absolute atomic E-state index is 2.47. The molecule has 0 aromatic heterocycles. The molecule has 0 atom stereocenters. The first-order valence-electron chi connectivity index (χ1n) is 9.55. The van der Waals surface area contributed by atoms with Crippen LogP contribution in [0.5, 0.6) is 0 Å². The fourth-order valence-corrected chi connectivity index (χ4v) is 5.12. The van der Waals surface area contributed by atoms with E-state index in [1.807, 2.05) is 0 Å². The molecule has 132 valence electrons. The average molecular weight is 349 g/mol. The van der Waals surface area contributed by atoms with E-state index in [2.05, 4.69) is 84.6 Å². The van der Waals surface area contributed by atoms with Crippen LogP contribution in [-0.2, 0) is 6.42 Å². The molecule has 2 aromatic carbocycles. The smallest absolute Gasteiger partial charge is 0.0656 e. The van der Waals surface area contributed by atoms with Crippen LogP contribution in [0.3, 0.4) is 0 Å². The lowest BCUT2D eigenvalue weighted by atomic mass is 9.86. The van der Waals surface area contributed by atoms with Gasteiger partial charge in [-0.2, -0.15) is 0 Å². The summed E-state index contributed by atoms with van der Waals surface area (Å²) in [5.41, 5.74) is 11.8. The van der Waals surface area contributed by atoms with Gasteiger partial charge in [0.2, 0.25) is 0 Å². The molecule has 1 aliphatic carbocycles. The van der Waals surface area contributed by atoms with E-state index in [0.717, 1.165) is 6.42 Å². The standard InChI is InChI=1S/C24H32Si/c1-15(2)20-13-22-17(4)16(3)18(5)24(23(22)14-20)19-9-11-21(12-10-19)25(6,7)8/h9-12,14-15H,13H2,1-8H3. The highest BCUT2D eigenvalue weighted by molar-refractivity contribution is 6.88. The van der Waals surface area contributed by atoms with E-state index in [0.29, 0.717) is 5.92 Å². The number of allylic oxidation sites excluding steroid dienone is 1. The Morgan fingerprint density at radius 3 is 1.96 bits per heavy atom. The molecule has 0 fully saturated rings. The Hall–Kier alpha value is -1.60. The molecular weight excluding hydrogens is 316 g/mol. The minimum Gasteiger partial charge on any atom is -0.0656 e. The molecular formula is C24H32Si. The van der Waals surface area contributed by atoms with Crippen molar-refractivity contribution in [2.45, 2.75) is 60.7 Å². The second-order valence-corrected chi connectivity index (χ2v) is 14.1. The SMILES string of the molecule is Cc1c(C)c2c(c(-c3ccc([Si](C)(C)C)cc3)c1C)C=C(C(C)C)C2. The molecule has 0 N–H and O–H groups in total. The summed E-state index contributed by atoms with van der Waals surface area (Å²) < 4.78 is 0. The maximum atomic E-state index is 2.47. The third kappa shape index (κ3) is 3.15. The van der Waals surface area contributed by atoms with E-state index in [9.17, 15) is 0 Å². The van der Waals surface area contributed by atoms with E-state index >= 15 is 0 Å². The van der Waals surface area contributed by atoms with Gasteiger partial charge < -0.3 is 0 Å². The monoisotopic (exact) mass is 348 g/mol. The summed E-state index contributed by atoms with van der Waals surface area (Å²) in [7, 11) is -1.25. The first kappa shape index (κ1) is 18.2. The van der Waals surface area contributed by atoms with Gasteiger partial charge in [0, 0.05) is 0 Å². The van der Waals surface area contributed by atoms with Crippen LogP contribution in [0.15, 0.2) is 29.8 Å². The van der Waals surface area contributed by atoms with Crippen LogP contribution < -0.4 is 5.19 Å². The molecule has 1 aliphatic rings. The molecule has 0 aliphatic heterocycles. The molecule has 0 unspecified atom stereocenters. The molecule has 2 aromatic rings. The average Bonchev–Trinajstić information content (AvgIpc) is 2.98. The summed E-state index contributed by atoms with van der Waals surface area (Å²) in [6, 6.07) is 9.44. The van der Waals surface area contributed by atoms with Gasteiger partial charge in [-0.1, -0.05) is 74.6 Å². The fraction of sp³-hybridized carbons (Fsp3) is 0.417. The summed E-state index contributed by atoms with van der Waals surface area (Å²) in [5, 5.41) is 1.53. The van der Waals surface area contributed by atoms with Gasteiger partial charge in [0.05, 0.1) is 8.07 Å². The number of hydrogen-bond acceptors (Lipinski definition) is 0. The third-order valence-electron chi connectivity index (χ3n) is 6.04. The Balaban J connectivity index is 2.20. The summed E-state index contributed by atoms with van der Waals surface area (Å²) in [5.74, 6) is 0.620. The van der Waals surface area contributed by atoms with E-state index in [4.69, 9.17) is 0 Å². The second kappa shape index (κ2) is 6.28. The van der Waals surface area contributed by atoms with Crippen molar-refractivity contribution >= 4 is 19.3 Å². The lowest BCUT2D eigenvalue weighted by Crippen LogP contribution is -2.37. The van der Waals surface area contributed by atoms with Crippen molar-refractivity contribution in [1.82, 2.24) is 0 Å². The molecule has 0 heterocycles. The Morgan fingerprint density at radius 2 is 1.44 bits per heavy atom. The molecule has 0 radical (unpaired) electrons. The van der Waals surface area contributed by atoms with Gasteiger partial charge in [0.1, 0.15) is 0 Å². The Labute approximate surface area is 155 Å². The number of benzene rings is 2. The predicted octanol–water partition coefficient (Wildman–Crippen LogP) is 6.42. The van der Waals surface area contributed by atoms with Crippen molar-refractivity contribution in [3.05, 3.63) is 57.7 Å². The molecule has 0 amide bonds. The van der Waals surface area contributed by atoms with Gasteiger partial charge in [-0.05, 0) is 72.1 Å². The highest BCUT2D eigenvalue weighted by Gasteiger charge is 2.24. The molecule has 0 saturated heterocycles. The van der Waals surface area contributed by atoms with Crippen molar-refractivity contribution in [2.24, 2.45) is 5.92 Å². The summed E-state index contributed by atoms with van der Waals surface area (Å²) in [6.45, 7) is 18.8. The lowest BCUT2D eigenvalue weighted by Gasteiger charge is -2.20. The lowest BCUT2D eigenvalue weighted by molar-refractivity contribution is 0.753. The van der Waals surface area contributed by atoms with Crippen LogP contribution in [0.2, 0.25) is 19.6 Å². The third-order valence-corrected chi connectivity index (χ3v) is 8.10. The quantitative estimate of drug-likeness (QED) is 0.561. The van der Waals surface area contributed by atoms with E-state index in [1.54, 1.807) is 11.1 Å². The van der Waals surface area contributed by atoms with Gasteiger partial charge in [0.25, 0.3) is 0 Å². The van der Waals surface area contributed by atoms with Crippen molar-refractivity contribution < 1.29 is 0 Å². The molecule has 3 rings (SSSR count). The summed E-state index contributed by atoms with van der Waals surface area (Å²) in [6.07, 6.45) is 3.60.